The van der Waals surface area contributed by atoms with Crippen LogP contribution in [0, 0.1) is 5.92 Å². The zero-order valence-electron chi connectivity index (χ0n) is 14.5. The largest absolute Gasteiger partial charge is 0.343 e. The molecule has 24 heavy (non-hydrogen) atoms. The zero-order valence-corrected chi connectivity index (χ0v) is 14.5. The van der Waals surface area contributed by atoms with Crippen LogP contribution in [0.3, 0.4) is 0 Å². The van der Waals surface area contributed by atoms with E-state index in [0.717, 1.165) is 32.4 Å². The number of hydrogen-bond donors (Lipinski definition) is 0. The van der Waals surface area contributed by atoms with E-state index in [1.807, 2.05) is 18.2 Å². The third-order valence-electron chi connectivity index (χ3n) is 5.18. The number of carbonyl (C=O) groups is 1. The molecule has 2 aromatic carbocycles. The normalized spacial score (nSPS) is 16.8. The monoisotopic (exact) mass is 321 g/mol. The van der Waals surface area contributed by atoms with Gasteiger partial charge in [0.2, 0.25) is 5.91 Å². The fourth-order valence-electron chi connectivity index (χ4n) is 3.62. The van der Waals surface area contributed by atoms with Crippen LogP contribution in [0.2, 0.25) is 0 Å². The summed E-state index contributed by atoms with van der Waals surface area (Å²) in [4.78, 5) is 14.6. The Bertz CT molecular complexity index is 630. The van der Waals surface area contributed by atoms with Crippen LogP contribution in [0.5, 0.6) is 0 Å². The summed E-state index contributed by atoms with van der Waals surface area (Å²) in [5.74, 6) is 1.31. The van der Waals surface area contributed by atoms with Crippen molar-refractivity contribution in [1.82, 2.24) is 4.90 Å². The number of benzene rings is 2. The van der Waals surface area contributed by atoms with Crippen molar-refractivity contribution < 1.29 is 4.79 Å². The molecule has 0 N–H and O–H groups in total. The van der Waals surface area contributed by atoms with E-state index in [4.69, 9.17) is 0 Å². The Morgan fingerprint density at radius 1 is 1.00 bits per heavy atom. The van der Waals surface area contributed by atoms with E-state index in [1.54, 1.807) is 0 Å². The summed E-state index contributed by atoms with van der Waals surface area (Å²) in [5.41, 5.74) is 2.67. The van der Waals surface area contributed by atoms with Gasteiger partial charge in [-0.1, -0.05) is 67.6 Å². The minimum absolute atomic E-state index is 0.292. The lowest BCUT2D eigenvalue weighted by atomic mass is 9.89. The van der Waals surface area contributed by atoms with E-state index < -0.39 is 0 Å². The van der Waals surface area contributed by atoms with Gasteiger partial charge in [-0.05, 0) is 42.2 Å². The Hall–Kier alpha value is -2.09. The number of piperidine rings is 1. The Kier molecular flexibility index (Phi) is 5.68. The van der Waals surface area contributed by atoms with Gasteiger partial charge in [-0.25, -0.2) is 0 Å². The maximum absolute atomic E-state index is 12.6. The maximum atomic E-state index is 12.6. The van der Waals surface area contributed by atoms with Crippen molar-refractivity contribution in [3.05, 3.63) is 71.8 Å². The van der Waals surface area contributed by atoms with Crippen molar-refractivity contribution in [3.63, 3.8) is 0 Å². The molecule has 0 aromatic heterocycles. The molecule has 0 radical (unpaired) electrons. The molecule has 1 heterocycles. The van der Waals surface area contributed by atoms with Crippen molar-refractivity contribution in [2.24, 2.45) is 5.92 Å². The molecule has 0 saturated carbocycles. The molecule has 0 aliphatic carbocycles. The molecule has 2 aromatic rings. The average molecular weight is 321 g/mol. The van der Waals surface area contributed by atoms with E-state index in [1.165, 1.54) is 11.1 Å². The summed E-state index contributed by atoms with van der Waals surface area (Å²) >= 11 is 0. The summed E-state index contributed by atoms with van der Waals surface area (Å²) in [7, 11) is 0. The molecular weight excluding hydrogens is 294 g/mol. The summed E-state index contributed by atoms with van der Waals surface area (Å²) < 4.78 is 0. The Labute approximate surface area is 145 Å². The van der Waals surface area contributed by atoms with E-state index in [9.17, 15) is 4.79 Å². The lowest BCUT2D eigenvalue weighted by Crippen LogP contribution is -2.39. The van der Waals surface area contributed by atoms with Gasteiger partial charge in [-0.3, -0.25) is 4.79 Å². The second-order valence-corrected chi connectivity index (χ2v) is 7.03. The third-order valence-corrected chi connectivity index (χ3v) is 5.18. The molecule has 2 nitrogen and oxygen atoms in total. The van der Waals surface area contributed by atoms with E-state index in [0.29, 0.717) is 24.2 Å². The third kappa shape index (κ3) is 4.47. The number of rotatable bonds is 5. The van der Waals surface area contributed by atoms with Crippen molar-refractivity contribution in [2.75, 3.05) is 13.1 Å². The van der Waals surface area contributed by atoms with Crippen LogP contribution < -0.4 is 0 Å². The van der Waals surface area contributed by atoms with Gasteiger partial charge in [0, 0.05) is 19.5 Å². The molecule has 0 bridgehead atoms. The second kappa shape index (κ2) is 8.14. The number of amides is 1. The van der Waals surface area contributed by atoms with Gasteiger partial charge < -0.3 is 4.90 Å². The smallest absolute Gasteiger partial charge is 0.223 e. The molecule has 1 atom stereocenters. The van der Waals surface area contributed by atoms with Crippen LogP contribution >= 0.6 is 0 Å². The molecule has 126 valence electrons. The number of hydrogen-bond acceptors (Lipinski definition) is 1. The lowest BCUT2D eigenvalue weighted by Gasteiger charge is -2.33. The number of likely N-dealkylation sites (tertiary alicyclic amines) is 1. The van der Waals surface area contributed by atoms with Crippen LogP contribution in [-0.4, -0.2) is 23.9 Å². The Morgan fingerprint density at radius 2 is 1.58 bits per heavy atom. The van der Waals surface area contributed by atoms with Crippen LogP contribution in [-0.2, 0) is 11.2 Å². The standard InChI is InChI=1S/C22H27NO/c1-18(21-10-6-3-7-11-21)16-22(24)23-14-12-20(13-15-23)17-19-8-4-2-5-9-19/h2-11,18,20H,12-17H2,1H3. The number of nitrogens with zero attached hydrogens (tertiary/aromatic N) is 1. The van der Waals surface area contributed by atoms with Gasteiger partial charge >= 0.3 is 0 Å². The zero-order chi connectivity index (χ0) is 16.8. The first-order valence-corrected chi connectivity index (χ1v) is 9.09. The molecule has 1 aliphatic heterocycles. The van der Waals surface area contributed by atoms with Crippen molar-refractivity contribution in [2.45, 2.75) is 38.5 Å². The van der Waals surface area contributed by atoms with E-state index in [2.05, 4.69) is 54.3 Å². The summed E-state index contributed by atoms with van der Waals surface area (Å²) in [6, 6.07) is 21.1. The summed E-state index contributed by atoms with van der Waals surface area (Å²) in [6.45, 7) is 3.98. The van der Waals surface area contributed by atoms with Gasteiger partial charge in [0.25, 0.3) is 0 Å². The van der Waals surface area contributed by atoms with E-state index in [-0.39, 0.29) is 0 Å². The fourth-order valence-corrected chi connectivity index (χ4v) is 3.62. The first kappa shape index (κ1) is 16.8. The van der Waals surface area contributed by atoms with Gasteiger partial charge in [0.05, 0.1) is 0 Å². The van der Waals surface area contributed by atoms with Gasteiger partial charge in [0.1, 0.15) is 0 Å². The topological polar surface area (TPSA) is 20.3 Å². The Balaban J connectivity index is 1.47. The first-order valence-electron chi connectivity index (χ1n) is 9.09. The fraction of sp³-hybridized carbons (Fsp3) is 0.409. The molecular formula is C22H27NO. The van der Waals surface area contributed by atoms with Gasteiger partial charge in [-0.2, -0.15) is 0 Å². The van der Waals surface area contributed by atoms with Crippen molar-refractivity contribution in [1.29, 1.82) is 0 Å². The highest BCUT2D eigenvalue weighted by Crippen LogP contribution is 2.24. The van der Waals surface area contributed by atoms with Gasteiger partial charge in [0.15, 0.2) is 0 Å². The molecule has 1 unspecified atom stereocenters. The molecule has 1 saturated heterocycles. The molecule has 1 aliphatic rings. The average Bonchev–Trinajstić information content (AvgIpc) is 2.64. The lowest BCUT2D eigenvalue weighted by molar-refractivity contribution is -0.132. The Morgan fingerprint density at radius 3 is 2.21 bits per heavy atom. The summed E-state index contributed by atoms with van der Waals surface area (Å²) in [5, 5.41) is 0. The molecule has 2 heteroatoms. The first-order chi connectivity index (χ1) is 11.7. The second-order valence-electron chi connectivity index (χ2n) is 7.03. The molecule has 3 rings (SSSR count). The minimum atomic E-state index is 0.292. The highest BCUT2D eigenvalue weighted by atomic mass is 16.2. The summed E-state index contributed by atoms with van der Waals surface area (Å²) in [6.07, 6.45) is 4.01. The van der Waals surface area contributed by atoms with Crippen molar-refractivity contribution in [3.8, 4) is 0 Å². The maximum Gasteiger partial charge on any atom is 0.223 e. The molecule has 0 spiro atoms. The van der Waals surface area contributed by atoms with Crippen LogP contribution in [0.25, 0.3) is 0 Å². The molecule has 1 amide bonds. The predicted octanol–water partition coefficient (Wildman–Crippen LogP) is 4.66. The SMILES string of the molecule is CC(CC(=O)N1CCC(Cc2ccccc2)CC1)c1ccccc1. The van der Waals surface area contributed by atoms with Crippen molar-refractivity contribution >= 4 is 5.91 Å². The van der Waals surface area contributed by atoms with Crippen LogP contribution in [0.1, 0.15) is 43.2 Å². The quantitative estimate of drug-likeness (QED) is 0.784. The van der Waals surface area contributed by atoms with E-state index >= 15 is 0 Å². The number of carbonyl (C=O) groups excluding carboxylic acids is 1. The highest BCUT2D eigenvalue weighted by Gasteiger charge is 2.24. The van der Waals surface area contributed by atoms with Crippen LogP contribution in [0.15, 0.2) is 60.7 Å². The predicted molar refractivity (Wildman–Crippen MR) is 98.9 cm³/mol. The highest BCUT2D eigenvalue weighted by molar-refractivity contribution is 5.77. The molecule has 1 fully saturated rings. The van der Waals surface area contributed by atoms with Crippen LogP contribution in [0.4, 0.5) is 0 Å². The minimum Gasteiger partial charge on any atom is -0.343 e. The van der Waals surface area contributed by atoms with Gasteiger partial charge in [-0.15, -0.1) is 0 Å².